The summed E-state index contributed by atoms with van der Waals surface area (Å²) in [6.07, 6.45) is -5.38. The monoisotopic (exact) mass is 271 g/mol. The van der Waals surface area contributed by atoms with Gasteiger partial charge in [-0.1, -0.05) is 0 Å². The fraction of sp³-hybridized carbons (Fsp3) is 0.400. The molecule has 0 aromatic heterocycles. The largest absolute Gasteiger partial charge is 0.399 e. The normalized spacial score (nSPS) is 11.8. The lowest BCUT2D eigenvalue weighted by Gasteiger charge is -2.07. The minimum atomic E-state index is -4.24. The predicted octanol–water partition coefficient (Wildman–Crippen LogP) is 3.98. The molecule has 0 unspecified atom stereocenters. The van der Waals surface area contributed by atoms with Crippen molar-refractivity contribution in [3.05, 3.63) is 23.8 Å². The van der Waals surface area contributed by atoms with Gasteiger partial charge in [-0.2, -0.15) is 13.2 Å². The summed E-state index contributed by atoms with van der Waals surface area (Å²) in [7, 11) is 0. The van der Waals surface area contributed by atoms with E-state index in [1.54, 1.807) is 0 Å². The van der Waals surface area contributed by atoms with Gasteiger partial charge in [0, 0.05) is 12.1 Å². The second-order valence-corrected chi connectivity index (χ2v) is 4.49. The molecule has 0 radical (unpaired) electrons. The number of nitrogens with two attached hydrogens (primary N) is 1. The van der Waals surface area contributed by atoms with Crippen LogP contribution in [0.15, 0.2) is 17.0 Å². The van der Waals surface area contributed by atoms with Crippen LogP contribution in [0.4, 0.5) is 27.6 Å². The van der Waals surface area contributed by atoms with E-state index in [0.29, 0.717) is 0 Å². The number of nitrogen functional groups attached to an aromatic ring is 1. The molecular formula is C10H10F5NS. The first-order valence-corrected chi connectivity index (χ1v) is 5.72. The molecule has 1 aromatic rings. The first-order valence-electron chi connectivity index (χ1n) is 4.73. The van der Waals surface area contributed by atoms with E-state index in [-0.39, 0.29) is 22.8 Å². The topological polar surface area (TPSA) is 26.0 Å². The van der Waals surface area contributed by atoms with Crippen LogP contribution in [-0.2, 0) is 0 Å². The van der Waals surface area contributed by atoms with Gasteiger partial charge in [0.2, 0.25) is 0 Å². The summed E-state index contributed by atoms with van der Waals surface area (Å²) < 4.78 is 61.9. The molecule has 7 heteroatoms. The van der Waals surface area contributed by atoms with Gasteiger partial charge in [0.1, 0.15) is 11.6 Å². The third-order valence-electron chi connectivity index (χ3n) is 1.87. The Morgan fingerprint density at radius 2 is 1.65 bits per heavy atom. The summed E-state index contributed by atoms with van der Waals surface area (Å²) in [6.45, 7) is 0. The van der Waals surface area contributed by atoms with Crippen molar-refractivity contribution in [1.29, 1.82) is 0 Å². The van der Waals surface area contributed by atoms with Gasteiger partial charge in [-0.15, -0.1) is 11.8 Å². The number of thioether (sulfide) groups is 1. The highest BCUT2D eigenvalue weighted by Gasteiger charge is 2.26. The SMILES string of the molecule is Nc1cc(F)c(SCCCC(F)(F)F)c(F)c1. The Morgan fingerprint density at radius 3 is 2.12 bits per heavy atom. The van der Waals surface area contributed by atoms with Crippen molar-refractivity contribution in [2.24, 2.45) is 0 Å². The van der Waals surface area contributed by atoms with E-state index in [1.807, 2.05) is 0 Å². The molecule has 0 atom stereocenters. The summed E-state index contributed by atoms with van der Waals surface area (Å²) in [5.74, 6) is -1.70. The maximum Gasteiger partial charge on any atom is 0.389 e. The Kier molecular flexibility index (Phi) is 4.62. The Labute approximate surface area is 99.2 Å². The van der Waals surface area contributed by atoms with Crippen molar-refractivity contribution >= 4 is 17.4 Å². The number of anilines is 1. The number of alkyl halides is 3. The zero-order chi connectivity index (χ0) is 13.1. The number of hydrogen-bond donors (Lipinski definition) is 1. The van der Waals surface area contributed by atoms with Crippen LogP contribution in [0.2, 0.25) is 0 Å². The van der Waals surface area contributed by atoms with Crippen molar-refractivity contribution in [3.63, 3.8) is 0 Å². The van der Waals surface area contributed by atoms with Crippen LogP contribution in [0.3, 0.4) is 0 Å². The first-order chi connectivity index (χ1) is 7.79. The molecule has 17 heavy (non-hydrogen) atoms. The van der Waals surface area contributed by atoms with Crippen molar-refractivity contribution in [1.82, 2.24) is 0 Å². The fourth-order valence-electron chi connectivity index (χ4n) is 1.16. The second kappa shape index (κ2) is 5.57. The van der Waals surface area contributed by atoms with E-state index < -0.39 is 24.2 Å². The molecule has 1 rings (SSSR count). The van der Waals surface area contributed by atoms with Crippen molar-refractivity contribution < 1.29 is 22.0 Å². The molecule has 0 spiro atoms. The number of rotatable bonds is 4. The average molecular weight is 271 g/mol. The number of hydrogen-bond acceptors (Lipinski definition) is 2. The van der Waals surface area contributed by atoms with Crippen LogP contribution in [0, 0.1) is 11.6 Å². The smallest absolute Gasteiger partial charge is 0.389 e. The average Bonchev–Trinajstić information content (AvgIpc) is 2.13. The first kappa shape index (κ1) is 14.1. The molecule has 2 N–H and O–H groups in total. The molecule has 0 aliphatic heterocycles. The standard InChI is InChI=1S/C10H10F5NS/c11-7-4-6(16)5-8(12)9(7)17-3-1-2-10(13,14)15/h4-5H,1-3,16H2. The summed E-state index contributed by atoms with van der Waals surface area (Å²) >= 11 is 0.717. The van der Waals surface area contributed by atoms with Gasteiger partial charge in [-0.05, 0) is 24.3 Å². The quantitative estimate of drug-likeness (QED) is 0.388. The zero-order valence-corrected chi connectivity index (χ0v) is 9.47. The van der Waals surface area contributed by atoms with Crippen LogP contribution in [0.1, 0.15) is 12.8 Å². The molecule has 0 saturated heterocycles. The minimum Gasteiger partial charge on any atom is -0.399 e. The Bertz CT molecular complexity index is 368. The third kappa shape index (κ3) is 4.80. The predicted molar refractivity (Wildman–Crippen MR) is 56.8 cm³/mol. The van der Waals surface area contributed by atoms with Crippen molar-refractivity contribution in [3.8, 4) is 0 Å². The maximum absolute atomic E-state index is 13.2. The lowest BCUT2D eigenvalue weighted by atomic mass is 10.3. The molecule has 1 nitrogen and oxygen atoms in total. The fourth-order valence-corrected chi connectivity index (χ4v) is 2.05. The summed E-state index contributed by atoms with van der Waals surface area (Å²) in [5, 5.41) is 0. The molecule has 0 heterocycles. The minimum absolute atomic E-state index is 0.00271. The van der Waals surface area contributed by atoms with E-state index in [0.717, 1.165) is 23.9 Å². The van der Waals surface area contributed by atoms with Crippen LogP contribution < -0.4 is 5.73 Å². The van der Waals surface area contributed by atoms with Crippen LogP contribution in [0.5, 0.6) is 0 Å². The van der Waals surface area contributed by atoms with Crippen LogP contribution >= 0.6 is 11.8 Å². The molecule has 1 aromatic carbocycles. The highest BCUT2D eigenvalue weighted by molar-refractivity contribution is 7.99. The van der Waals surface area contributed by atoms with Gasteiger partial charge in [0.05, 0.1) is 4.90 Å². The Hall–Kier alpha value is -0.980. The van der Waals surface area contributed by atoms with Gasteiger partial charge in [0.15, 0.2) is 0 Å². The molecule has 0 amide bonds. The molecule has 0 aliphatic rings. The number of benzene rings is 1. The number of halogens is 5. The van der Waals surface area contributed by atoms with Gasteiger partial charge < -0.3 is 5.73 Å². The Balaban J connectivity index is 2.53. The van der Waals surface area contributed by atoms with E-state index >= 15 is 0 Å². The van der Waals surface area contributed by atoms with Crippen LogP contribution in [0.25, 0.3) is 0 Å². The van der Waals surface area contributed by atoms with Gasteiger partial charge in [-0.3, -0.25) is 0 Å². The lowest BCUT2D eigenvalue weighted by molar-refractivity contribution is -0.134. The van der Waals surface area contributed by atoms with E-state index in [9.17, 15) is 22.0 Å². The van der Waals surface area contributed by atoms with E-state index in [2.05, 4.69) is 0 Å². The maximum atomic E-state index is 13.2. The lowest BCUT2D eigenvalue weighted by Crippen LogP contribution is -2.07. The van der Waals surface area contributed by atoms with E-state index in [1.165, 1.54) is 0 Å². The van der Waals surface area contributed by atoms with Gasteiger partial charge in [0.25, 0.3) is 0 Å². The summed E-state index contributed by atoms with van der Waals surface area (Å²) in [4.78, 5) is -0.290. The Morgan fingerprint density at radius 1 is 1.12 bits per heavy atom. The summed E-state index contributed by atoms with van der Waals surface area (Å²) in [6, 6.07) is 1.88. The van der Waals surface area contributed by atoms with Gasteiger partial charge in [-0.25, -0.2) is 8.78 Å². The van der Waals surface area contributed by atoms with Crippen molar-refractivity contribution in [2.75, 3.05) is 11.5 Å². The van der Waals surface area contributed by atoms with Gasteiger partial charge >= 0.3 is 6.18 Å². The van der Waals surface area contributed by atoms with Crippen LogP contribution in [-0.4, -0.2) is 11.9 Å². The molecule has 0 saturated carbocycles. The highest BCUT2D eigenvalue weighted by Crippen LogP contribution is 2.29. The molecule has 0 bridgehead atoms. The third-order valence-corrected chi connectivity index (χ3v) is 3.04. The zero-order valence-electron chi connectivity index (χ0n) is 8.65. The second-order valence-electron chi connectivity index (χ2n) is 3.38. The molecule has 0 aliphatic carbocycles. The summed E-state index contributed by atoms with van der Waals surface area (Å²) in [5.41, 5.74) is 5.15. The molecule has 96 valence electrons. The molecular weight excluding hydrogens is 261 g/mol. The van der Waals surface area contributed by atoms with E-state index in [4.69, 9.17) is 5.73 Å². The highest BCUT2D eigenvalue weighted by atomic mass is 32.2. The van der Waals surface area contributed by atoms with Crippen molar-refractivity contribution in [2.45, 2.75) is 23.9 Å². The molecule has 0 fully saturated rings.